The number of rotatable bonds is 3. The summed E-state index contributed by atoms with van der Waals surface area (Å²) < 4.78 is 30.9. The van der Waals surface area contributed by atoms with E-state index >= 15 is 0 Å². The molecule has 1 aliphatic heterocycles. The van der Waals surface area contributed by atoms with Gasteiger partial charge in [0.1, 0.15) is 0 Å². The van der Waals surface area contributed by atoms with Gasteiger partial charge in [-0.15, -0.1) is 0 Å². The highest BCUT2D eigenvalue weighted by Gasteiger charge is 2.41. The first-order valence-electron chi connectivity index (χ1n) is 5.39. The minimum atomic E-state index is -3.60. The molecule has 0 spiro atoms. The van der Waals surface area contributed by atoms with Crippen LogP contribution in [-0.2, 0) is 19.6 Å². The van der Waals surface area contributed by atoms with Gasteiger partial charge in [0, 0.05) is 17.6 Å². The first kappa shape index (κ1) is 14.8. The molecule has 1 aliphatic rings. The van der Waals surface area contributed by atoms with Gasteiger partial charge < -0.3 is 4.74 Å². The van der Waals surface area contributed by atoms with E-state index in [9.17, 15) is 13.2 Å². The van der Waals surface area contributed by atoms with Crippen LogP contribution < -0.4 is 0 Å². The first-order chi connectivity index (χ1) is 8.86. The summed E-state index contributed by atoms with van der Waals surface area (Å²) in [6, 6.07) is 4.43. The number of hydrogen-bond acceptors (Lipinski definition) is 4. The lowest BCUT2D eigenvalue weighted by atomic mass is 10.0. The number of carbonyl (C=O) groups is 1. The van der Waals surface area contributed by atoms with E-state index in [-0.39, 0.29) is 29.9 Å². The van der Waals surface area contributed by atoms with Crippen molar-refractivity contribution in [2.75, 3.05) is 20.2 Å². The quantitative estimate of drug-likeness (QED) is 0.764. The van der Waals surface area contributed by atoms with E-state index in [1.807, 2.05) is 0 Å². The average Bonchev–Trinajstić information content (AvgIpc) is 2.30. The molecular weight excluding hydrogens is 358 g/mol. The Morgan fingerprint density at radius 2 is 2.11 bits per heavy atom. The lowest BCUT2D eigenvalue weighted by Gasteiger charge is -2.36. The van der Waals surface area contributed by atoms with Crippen molar-refractivity contribution in [3.8, 4) is 0 Å². The summed E-state index contributed by atoms with van der Waals surface area (Å²) in [7, 11) is -2.31. The number of halogens is 2. The van der Waals surface area contributed by atoms with Crippen molar-refractivity contribution in [2.24, 2.45) is 5.92 Å². The van der Waals surface area contributed by atoms with Gasteiger partial charge in [0.25, 0.3) is 0 Å². The largest absolute Gasteiger partial charge is 0.469 e. The molecular formula is C11H11BrClNO4S. The van der Waals surface area contributed by atoms with Gasteiger partial charge in [-0.25, -0.2) is 8.42 Å². The number of ether oxygens (including phenoxy) is 1. The van der Waals surface area contributed by atoms with Crippen LogP contribution in [0.1, 0.15) is 0 Å². The minimum Gasteiger partial charge on any atom is -0.469 e. The fourth-order valence-corrected chi connectivity index (χ4v) is 3.79. The van der Waals surface area contributed by atoms with E-state index < -0.39 is 10.0 Å². The molecule has 1 aromatic rings. The van der Waals surface area contributed by atoms with E-state index in [1.165, 1.54) is 23.5 Å². The fourth-order valence-electron chi connectivity index (χ4n) is 1.74. The number of methoxy groups -OCH3 is 1. The Morgan fingerprint density at radius 1 is 1.47 bits per heavy atom. The normalized spacial score (nSPS) is 17.0. The van der Waals surface area contributed by atoms with Crippen LogP contribution in [0.4, 0.5) is 0 Å². The van der Waals surface area contributed by atoms with Crippen molar-refractivity contribution in [1.29, 1.82) is 0 Å². The molecule has 1 saturated heterocycles. The summed E-state index contributed by atoms with van der Waals surface area (Å²) in [4.78, 5) is 11.3. The van der Waals surface area contributed by atoms with Gasteiger partial charge in [-0.2, -0.15) is 4.31 Å². The summed E-state index contributed by atoms with van der Waals surface area (Å²) in [6.45, 7) is 0.283. The van der Waals surface area contributed by atoms with Crippen LogP contribution in [0.15, 0.2) is 27.6 Å². The molecule has 0 radical (unpaired) electrons. The van der Waals surface area contributed by atoms with Crippen LogP contribution >= 0.6 is 27.5 Å². The number of nitrogens with zero attached hydrogens (tertiary/aromatic N) is 1. The van der Waals surface area contributed by atoms with Crippen molar-refractivity contribution in [3.05, 3.63) is 27.7 Å². The van der Waals surface area contributed by atoms with Gasteiger partial charge in [0.15, 0.2) is 0 Å². The Labute approximate surface area is 124 Å². The summed E-state index contributed by atoms with van der Waals surface area (Å²) in [5, 5.41) is 0.325. The summed E-state index contributed by atoms with van der Waals surface area (Å²) >= 11 is 9.08. The Balaban J connectivity index is 2.16. The number of benzene rings is 1. The molecule has 0 bridgehead atoms. The Kier molecular flexibility index (Phi) is 4.20. The maximum Gasteiger partial charge on any atom is 0.311 e. The predicted molar refractivity (Wildman–Crippen MR) is 73.4 cm³/mol. The zero-order valence-electron chi connectivity index (χ0n) is 9.97. The van der Waals surface area contributed by atoms with Gasteiger partial charge in [0.2, 0.25) is 10.0 Å². The monoisotopic (exact) mass is 367 g/mol. The maximum atomic E-state index is 12.2. The van der Waals surface area contributed by atoms with E-state index in [1.54, 1.807) is 6.07 Å². The van der Waals surface area contributed by atoms with E-state index in [2.05, 4.69) is 20.7 Å². The van der Waals surface area contributed by atoms with Crippen molar-refractivity contribution in [1.82, 2.24) is 4.31 Å². The Hall–Kier alpha value is -0.630. The zero-order valence-corrected chi connectivity index (χ0v) is 13.1. The van der Waals surface area contributed by atoms with Crippen LogP contribution in [0.3, 0.4) is 0 Å². The van der Waals surface area contributed by atoms with E-state index in [0.29, 0.717) is 9.50 Å². The maximum absolute atomic E-state index is 12.2. The molecule has 104 valence electrons. The second kappa shape index (κ2) is 5.40. The number of sulfonamides is 1. The molecule has 0 aliphatic carbocycles. The molecule has 0 atom stereocenters. The lowest BCUT2D eigenvalue weighted by molar-refractivity contribution is -0.149. The second-order valence-corrected chi connectivity index (χ2v) is 7.32. The smallest absolute Gasteiger partial charge is 0.311 e. The Bertz CT molecular complexity index is 613. The molecule has 8 heteroatoms. The van der Waals surface area contributed by atoms with Gasteiger partial charge in [-0.05, 0) is 34.1 Å². The molecule has 0 amide bonds. The second-order valence-electron chi connectivity index (χ2n) is 4.12. The molecule has 0 aromatic heterocycles. The number of carbonyl (C=O) groups excluding carboxylic acids is 1. The van der Waals surface area contributed by atoms with Crippen molar-refractivity contribution >= 4 is 43.5 Å². The van der Waals surface area contributed by atoms with Crippen LogP contribution in [0.5, 0.6) is 0 Å². The summed E-state index contributed by atoms with van der Waals surface area (Å²) in [6.07, 6.45) is 0. The van der Waals surface area contributed by atoms with E-state index in [0.717, 1.165) is 0 Å². The summed E-state index contributed by atoms with van der Waals surface area (Å²) in [5.41, 5.74) is 0. The molecule has 1 fully saturated rings. The SMILES string of the molecule is COC(=O)C1CN(S(=O)(=O)c2ccc(Br)c(Cl)c2)C1. The van der Waals surface area contributed by atoms with Crippen molar-refractivity contribution in [3.63, 3.8) is 0 Å². The van der Waals surface area contributed by atoms with Crippen LogP contribution in [0.2, 0.25) is 5.02 Å². The highest BCUT2D eigenvalue weighted by Crippen LogP contribution is 2.30. The Morgan fingerprint density at radius 3 is 2.63 bits per heavy atom. The molecule has 19 heavy (non-hydrogen) atoms. The van der Waals surface area contributed by atoms with Crippen LogP contribution in [-0.4, -0.2) is 38.9 Å². The minimum absolute atomic E-state index is 0.115. The van der Waals surface area contributed by atoms with Gasteiger partial charge in [0.05, 0.1) is 22.9 Å². The third kappa shape index (κ3) is 2.79. The third-order valence-corrected chi connectivity index (χ3v) is 5.97. The molecule has 0 saturated carbocycles. The molecule has 1 aromatic carbocycles. The fraction of sp³-hybridized carbons (Fsp3) is 0.364. The molecule has 5 nitrogen and oxygen atoms in total. The van der Waals surface area contributed by atoms with Crippen LogP contribution in [0.25, 0.3) is 0 Å². The predicted octanol–water partition coefficient (Wildman–Crippen LogP) is 1.90. The number of hydrogen-bond donors (Lipinski definition) is 0. The van der Waals surface area contributed by atoms with E-state index in [4.69, 9.17) is 11.6 Å². The topological polar surface area (TPSA) is 63.7 Å². The highest BCUT2D eigenvalue weighted by molar-refractivity contribution is 9.10. The zero-order chi connectivity index (χ0) is 14.2. The molecule has 0 unspecified atom stereocenters. The van der Waals surface area contributed by atoms with Crippen molar-refractivity contribution < 1.29 is 17.9 Å². The van der Waals surface area contributed by atoms with Gasteiger partial charge in [-0.3, -0.25) is 4.79 Å². The standard InChI is InChI=1S/C11H11BrClNO4S/c1-18-11(15)7-5-14(6-7)19(16,17)8-2-3-9(12)10(13)4-8/h2-4,7H,5-6H2,1H3. The van der Waals surface area contributed by atoms with Gasteiger partial charge in [-0.1, -0.05) is 11.6 Å². The van der Waals surface area contributed by atoms with Crippen molar-refractivity contribution in [2.45, 2.75) is 4.90 Å². The summed E-state index contributed by atoms with van der Waals surface area (Å²) in [5.74, 6) is -0.772. The third-order valence-electron chi connectivity index (χ3n) is 2.91. The molecule has 2 rings (SSSR count). The first-order valence-corrected chi connectivity index (χ1v) is 8.00. The van der Waals surface area contributed by atoms with Crippen LogP contribution in [0, 0.1) is 5.92 Å². The number of esters is 1. The van der Waals surface area contributed by atoms with Gasteiger partial charge >= 0.3 is 5.97 Å². The average molecular weight is 369 g/mol. The molecule has 0 N–H and O–H groups in total. The highest BCUT2D eigenvalue weighted by atomic mass is 79.9. The lowest BCUT2D eigenvalue weighted by Crippen LogP contribution is -2.53. The molecule has 1 heterocycles.